The van der Waals surface area contributed by atoms with Gasteiger partial charge in [-0.15, -0.1) is 10.2 Å². The molecule has 0 aliphatic rings. The van der Waals surface area contributed by atoms with Gasteiger partial charge in [0, 0.05) is 11.0 Å². The molecular formula is C13H15BrN4O2S. The number of benzene rings is 1. The number of hydrogen-bond acceptors (Lipinski definition) is 6. The molecule has 0 fully saturated rings. The molecule has 112 valence electrons. The molecule has 0 unspecified atom stereocenters. The van der Waals surface area contributed by atoms with Gasteiger partial charge in [-0.1, -0.05) is 34.2 Å². The van der Waals surface area contributed by atoms with Crippen LogP contribution in [0, 0.1) is 0 Å². The van der Waals surface area contributed by atoms with E-state index in [2.05, 4.69) is 43.7 Å². The van der Waals surface area contributed by atoms with Crippen LogP contribution in [0.15, 0.2) is 22.7 Å². The van der Waals surface area contributed by atoms with E-state index in [9.17, 15) is 4.79 Å². The first kappa shape index (κ1) is 15.7. The van der Waals surface area contributed by atoms with E-state index in [0.717, 1.165) is 17.4 Å². The van der Waals surface area contributed by atoms with Crippen molar-refractivity contribution in [3.63, 3.8) is 0 Å². The molecule has 0 saturated heterocycles. The molecule has 0 saturated carbocycles. The number of carbonyl (C=O) groups excluding carboxylic acids is 1. The molecule has 0 radical (unpaired) electrons. The van der Waals surface area contributed by atoms with Crippen molar-refractivity contribution in [3.05, 3.63) is 27.7 Å². The van der Waals surface area contributed by atoms with Crippen molar-refractivity contribution in [1.82, 2.24) is 10.2 Å². The zero-order chi connectivity index (χ0) is 15.2. The lowest BCUT2D eigenvalue weighted by molar-refractivity contribution is 0.102. The van der Waals surface area contributed by atoms with Crippen LogP contribution in [0.2, 0.25) is 0 Å². The minimum atomic E-state index is -0.312. The summed E-state index contributed by atoms with van der Waals surface area (Å²) in [6, 6.07) is 5.38. The Labute approximate surface area is 135 Å². The van der Waals surface area contributed by atoms with Crippen molar-refractivity contribution in [1.29, 1.82) is 0 Å². The number of ether oxygens (including phenoxy) is 1. The second-order valence-electron chi connectivity index (χ2n) is 4.14. The number of aromatic nitrogens is 2. The van der Waals surface area contributed by atoms with Gasteiger partial charge in [-0.05, 0) is 24.6 Å². The molecule has 21 heavy (non-hydrogen) atoms. The fraction of sp³-hybridized carbons (Fsp3) is 0.308. The number of halogens is 1. The largest absolute Gasteiger partial charge is 0.495 e. The smallest absolute Gasteiger partial charge is 0.286 e. The number of nitrogens with one attached hydrogen (secondary N) is 2. The van der Waals surface area contributed by atoms with Gasteiger partial charge in [0.25, 0.3) is 5.91 Å². The Morgan fingerprint density at radius 2 is 2.24 bits per heavy atom. The van der Waals surface area contributed by atoms with Crippen LogP contribution in [0.1, 0.15) is 23.1 Å². The molecule has 0 aliphatic heterocycles. The van der Waals surface area contributed by atoms with E-state index in [1.807, 2.05) is 6.07 Å². The summed E-state index contributed by atoms with van der Waals surface area (Å²) in [4.78, 5) is 12.2. The summed E-state index contributed by atoms with van der Waals surface area (Å²) in [6.45, 7) is 2.86. The van der Waals surface area contributed by atoms with Gasteiger partial charge in [0.05, 0.1) is 12.8 Å². The highest BCUT2D eigenvalue weighted by Crippen LogP contribution is 2.28. The van der Waals surface area contributed by atoms with Crippen molar-refractivity contribution in [2.45, 2.75) is 13.3 Å². The van der Waals surface area contributed by atoms with Gasteiger partial charge in [0.15, 0.2) is 0 Å². The molecule has 1 aromatic carbocycles. The van der Waals surface area contributed by atoms with Crippen LogP contribution in [0.3, 0.4) is 0 Å². The second kappa shape index (κ2) is 7.37. The predicted molar refractivity (Wildman–Crippen MR) is 87.3 cm³/mol. The van der Waals surface area contributed by atoms with E-state index in [4.69, 9.17) is 4.74 Å². The summed E-state index contributed by atoms with van der Waals surface area (Å²) in [7, 11) is 1.55. The van der Waals surface area contributed by atoms with Gasteiger partial charge in [0.2, 0.25) is 10.1 Å². The molecule has 1 amide bonds. The number of carbonyl (C=O) groups is 1. The van der Waals surface area contributed by atoms with Crippen molar-refractivity contribution >= 4 is 44.0 Å². The summed E-state index contributed by atoms with van der Waals surface area (Å²) >= 11 is 4.58. The lowest BCUT2D eigenvalue weighted by Crippen LogP contribution is -2.12. The Morgan fingerprint density at radius 1 is 1.43 bits per heavy atom. The number of methoxy groups -OCH3 is 1. The van der Waals surface area contributed by atoms with Gasteiger partial charge < -0.3 is 15.4 Å². The summed E-state index contributed by atoms with van der Waals surface area (Å²) in [6.07, 6.45) is 0.982. The van der Waals surface area contributed by atoms with Crippen LogP contribution in [0.25, 0.3) is 0 Å². The zero-order valence-corrected chi connectivity index (χ0v) is 14.0. The van der Waals surface area contributed by atoms with E-state index in [1.54, 1.807) is 19.2 Å². The van der Waals surface area contributed by atoms with Gasteiger partial charge >= 0.3 is 0 Å². The first-order chi connectivity index (χ1) is 10.1. The summed E-state index contributed by atoms with van der Waals surface area (Å²) < 4.78 is 6.06. The third-order valence-corrected chi connectivity index (χ3v) is 3.93. The standard InChI is InChI=1S/C13H15BrN4O2S/c1-3-6-15-13-18-17-12(21-13)11(19)16-9-7-8(14)4-5-10(9)20-2/h4-5,7H,3,6H2,1-2H3,(H,15,18)(H,16,19). The predicted octanol–water partition coefficient (Wildman–Crippen LogP) is 3.38. The highest BCUT2D eigenvalue weighted by atomic mass is 79.9. The van der Waals surface area contributed by atoms with Crippen molar-refractivity contribution in [2.24, 2.45) is 0 Å². The summed E-state index contributed by atoms with van der Waals surface area (Å²) in [5.41, 5.74) is 0.579. The Balaban J connectivity index is 2.10. The van der Waals surface area contributed by atoms with Crippen molar-refractivity contribution in [3.8, 4) is 5.75 Å². The van der Waals surface area contributed by atoms with Crippen molar-refractivity contribution < 1.29 is 9.53 Å². The molecule has 2 rings (SSSR count). The molecule has 1 heterocycles. The zero-order valence-electron chi connectivity index (χ0n) is 11.6. The topological polar surface area (TPSA) is 76.1 Å². The lowest BCUT2D eigenvalue weighted by Gasteiger charge is -2.09. The average Bonchev–Trinajstić information content (AvgIpc) is 2.94. The Hall–Kier alpha value is -1.67. The van der Waals surface area contributed by atoms with E-state index < -0.39 is 0 Å². The van der Waals surface area contributed by atoms with E-state index >= 15 is 0 Å². The third kappa shape index (κ3) is 4.15. The van der Waals surface area contributed by atoms with Crippen LogP contribution < -0.4 is 15.4 Å². The molecular weight excluding hydrogens is 356 g/mol. The Morgan fingerprint density at radius 3 is 2.95 bits per heavy atom. The van der Waals surface area contributed by atoms with Crippen LogP contribution in [-0.4, -0.2) is 29.8 Å². The van der Waals surface area contributed by atoms with Crippen molar-refractivity contribution in [2.75, 3.05) is 24.3 Å². The Kier molecular flexibility index (Phi) is 5.51. The monoisotopic (exact) mass is 370 g/mol. The molecule has 2 aromatic rings. The number of rotatable bonds is 6. The number of hydrogen-bond donors (Lipinski definition) is 2. The molecule has 2 N–H and O–H groups in total. The van der Waals surface area contributed by atoms with Gasteiger partial charge in [-0.2, -0.15) is 0 Å². The Bertz CT molecular complexity index is 632. The first-order valence-corrected chi connectivity index (χ1v) is 7.97. The minimum Gasteiger partial charge on any atom is -0.495 e. The van der Waals surface area contributed by atoms with Crippen LogP contribution >= 0.6 is 27.3 Å². The van der Waals surface area contributed by atoms with E-state index in [0.29, 0.717) is 21.6 Å². The molecule has 0 atom stereocenters. The molecule has 8 heteroatoms. The van der Waals surface area contributed by atoms with Gasteiger partial charge in [-0.25, -0.2) is 0 Å². The average molecular weight is 371 g/mol. The maximum absolute atomic E-state index is 12.2. The quantitative estimate of drug-likeness (QED) is 0.814. The maximum atomic E-state index is 12.2. The third-order valence-electron chi connectivity index (χ3n) is 2.56. The summed E-state index contributed by atoms with van der Waals surface area (Å²) in [5.74, 6) is 0.272. The maximum Gasteiger partial charge on any atom is 0.286 e. The normalized spacial score (nSPS) is 10.2. The fourth-order valence-corrected chi connectivity index (χ4v) is 2.60. The highest BCUT2D eigenvalue weighted by molar-refractivity contribution is 9.10. The number of anilines is 2. The number of amides is 1. The lowest BCUT2D eigenvalue weighted by atomic mass is 10.3. The summed E-state index contributed by atoms with van der Waals surface area (Å²) in [5, 5.41) is 14.6. The van der Waals surface area contributed by atoms with E-state index in [1.165, 1.54) is 11.3 Å². The minimum absolute atomic E-state index is 0.302. The highest BCUT2D eigenvalue weighted by Gasteiger charge is 2.15. The fourth-order valence-electron chi connectivity index (χ4n) is 1.57. The van der Waals surface area contributed by atoms with Gasteiger partial charge in [-0.3, -0.25) is 4.79 Å². The number of nitrogens with zero attached hydrogens (tertiary/aromatic N) is 2. The molecule has 1 aromatic heterocycles. The van der Waals surface area contributed by atoms with Crippen LogP contribution in [-0.2, 0) is 0 Å². The molecule has 0 spiro atoms. The first-order valence-electron chi connectivity index (χ1n) is 6.36. The second-order valence-corrected chi connectivity index (χ2v) is 6.03. The van der Waals surface area contributed by atoms with Crippen LogP contribution in [0.5, 0.6) is 5.75 Å². The van der Waals surface area contributed by atoms with Crippen LogP contribution in [0.4, 0.5) is 10.8 Å². The molecule has 0 bridgehead atoms. The van der Waals surface area contributed by atoms with E-state index in [-0.39, 0.29) is 5.91 Å². The molecule has 6 nitrogen and oxygen atoms in total. The SMILES string of the molecule is CCCNc1nnc(C(=O)Nc2cc(Br)ccc2OC)s1. The van der Waals surface area contributed by atoms with Gasteiger partial charge in [0.1, 0.15) is 5.75 Å². The molecule has 0 aliphatic carbocycles.